The summed E-state index contributed by atoms with van der Waals surface area (Å²) in [6, 6.07) is 5.09. The molecule has 0 unspecified atom stereocenters. The number of halogens is 1. The summed E-state index contributed by atoms with van der Waals surface area (Å²) < 4.78 is 27.9. The molecule has 2 amide bonds. The van der Waals surface area contributed by atoms with Crippen LogP contribution in [0, 0.1) is 6.92 Å². The molecule has 25 heavy (non-hydrogen) atoms. The molecule has 0 saturated carbocycles. The van der Waals surface area contributed by atoms with Crippen LogP contribution in [-0.4, -0.2) is 67.2 Å². The minimum atomic E-state index is -3.45. The summed E-state index contributed by atoms with van der Waals surface area (Å²) in [7, 11) is -3.45. The topological polar surface area (TPSA) is 73.0 Å². The van der Waals surface area contributed by atoms with Crippen LogP contribution in [-0.2, 0) is 10.2 Å². The van der Waals surface area contributed by atoms with Crippen molar-refractivity contribution in [3.63, 3.8) is 0 Å². The van der Waals surface area contributed by atoms with Gasteiger partial charge in [0.05, 0.1) is 0 Å². The van der Waals surface area contributed by atoms with Crippen molar-refractivity contribution in [1.29, 1.82) is 0 Å². The van der Waals surface area contributed by atoms with Gasteiger partial charge in [-0.05, 0) is 24.6 Å². The van der Waals surface area contributed by atoms with Crippen molar-refractivity contribution < 1.29 is 13.2 Å². The lowest BCUT2D eigenvalue weighted by atomic mass is 10.2. The molecule has 1 aromatic carbocycles. The van der Waals surface area contributed by atoms with E-state index in [2.05, 4.69) is 5.32 Å². The van der Waals surface area contributed by atoms with Crippen LogP contribution in [0.5, 0.6) is 0 Å². The highest BCUT2D eigenvalue weighted by atomic mass is 35.5. The van der Waals surface area contributed by atoms with Gasteiger partial charge < -0.3 is 10.2 Å². The van der Waals surface area contributed by atoms with E-state index >= 15 is 0 Å². The van der Waals surface area contributed by atoms with E-state index in [1.165, 1.54) is 8.61 Å². The van der Waals surface area contributed by atoms with Gasteiger partial charge in [0.1, 0.15) is 0 Å². The largest absolute Gasteiger partial charge is 0.322 e. The van der Waals surface area contributed by atoms with Crippen molar-refractivity contribution in [3.05, 3.63) is 28.8 Å². The lowest BCUT2D eigenvalue weighted by molar-refractivity contribution is 0.181. The molecular weight excluding hydrogens is 364 g/mol. The third-order valence-electron chi connectivity index (χ3n) is 4.31. The maximum atomic E-state index is 12.5. The SMILES string of the molecule is CCN(CC)S(=O)(=O)N1CCN(C(=O)Nc2ccc(C)c(Cl)c2)CC1. The molecule has 9 heteroatoms. The number of carbonyl (C=O) groups excluding carboxylic acids is 1. The maximum Gasteiger partial charge on any atom is 0.321 e. The number of benzene rings is 1. The Kier molecular flexibility index (Phi) is 6.67. The highest BCUT2D eigenvalue weighted by Crippen LogP contribution is 2.20. The summed E-state index contributed by atoms with van der Waals surface area (Å²) >= 11 is 6.07. The molecule has 0 spiro atoms. The Morgan fingerprint density at radius 1 is 1.20 bits per heavy atom. The summed E-state index contributed by atoms with van der Waals surface area (Å²) in [5.41, 5.74) is 1.56. The Labute approximate surface area is 154 Å². The number of aryl methyl sites for hydroxylation is 1. The third kappa shape index (κ3) is 4.63. The zero-order valence-corrected chi connectivity index (χ0v) is 16.4. The van der Waals surface area contributed by atoms with Crippen molar-refractivity contribution in [2.75, 3.05) is 44.6 Å². The molecule has 1 heterocycles. The van der Waals surface area contributed by atoms with E-state index in [4.69, 9.17) is 11.6 Å². The molecule has 0 radical (unpaired) electrons. The number of carbonyl (C=O) groups is 1. The standard InChI is InChI=1S/C16H25ClN4O3S/c1-4-20(5-2)25(23,24)21-10-8-19(9-11-21)16(22)18-14-7-6-13(3)15(17)12-14/h6-7,12H,4-5,8-11H2,1-3H3,(H,18,22). The molecule has 1 aliphatic rings. The highest BCUT2D eigenvalue weighted by Gasteiger charge is 2.32. The Balaban J connectivity index is 1.95. The molecule has 0 bridgehead atoms. The van der Waals surface area contributed by atoms with E-state index in [0.717, 1.165) is 5.56 Å². The number of anilines is 1. The van der Waals surface area contributed by atoms with Crippen LogP contribution in [0.3, 0.4) is 0 Å². The van der Waals surface area contributed by atoms with Gasteiger partial charge >= 0.3 is 6.03 Å². The number of nitrogens with one attached hydrogen (secondary N) is 1. The van der Waals surface area contributed by atoms with Crippen molar-refractivity contribution in [2.45, 2.75) is 20.8 Å². The number of hydrogen-bond donors (Lipinski definition) is 1. The van der Waals surface area contributed by atoms with E-state index in [1.807, 2.05) is 26.8 Å². The first kappa shape index (κ1) is 20.0. The molecule has 140 valence electrons. The monoisotopic (exact) mass is 388 g/mol. The van der Waals surface area contributed by atoms with Gasteiger partial charge in [0.2, 0.25) is 0 Å². The van der Waals surface area contributed by atoms with Crippen LogP contribution in [0.25, 0.3) is 0 Å². The summed E-state index contributed by atoms with van der Waals surface area (Å²) in [6.07, 6.45) is 0. The number of piperazine rings is 1. The zero-order chi connectivity index (χ0) is 18.6. The third-order valence-corrected chi connectivity index (χ3v) is 6.90. The van der Waals surface area contributed by atoms with Crippen LogP contribution in [0.1, 0.15) is 19.4 Å². The van der Waals surface area contributed by atoms with Gasteiger partial charge in [0.15, 0.2) is 0 Å². The Morgan fingerprint density at radius 3 is 2.32 bits per heavy atom. The van der Waals surface area contributed by atoms with Crippen molar-refractivity contribution in [1.82, 2.24) is 13.5 Å². The Hall–Kier alpha value is -1.35. The molecule has 1 aliphatic heterocycles. The molecule has 1 saturated heterocycles. The maximum absolute atomic E-state index is 12.5. The molecule has 1 N–H and O–H groups in total. The van der Waals surface area contributed by atoms with Crippen LogP contribution in [0.15, 0.2) is 18.2 Å². The first-order chi connectivity index (χ1) is 11.8. The molecule has 0 aromatic heterocycles. The summed E-state index contributed by atoms with van der Waals surface area (Å²) in [4.78, 5) is 14.0. The van der Waals surface area contributed by atoms with Crippen LogP contribution < -0.4 is 5.32 Å². The van der Waals surface area contributed by atoms with Gasteiger partial charge in [-0.1, -0.05) is 31.5 Å². The quantitative estimate of drug-likeness (QED) is 0.841. The average Bonchev–Trinajstić information content (AvgIpc) is 2.59. The fraction of sp³-hybridized carbons (Fsp3) is 0.562. The average molecular weight is 389 g/mol. The van der Waals surface area contributed by atoms with Crippen LogP contribution in [0.2, 0.25) is 5.02 Å². The van der Waals surface area contributed by atoms with Crippen LogP contribution in [0.4, 0.5) is 10.5 Å². The van der Waals surface area contributed by atoms with Gasteiger partial charge in [-0.2, -0.15) is 17.0 Å². The van der Waals surface area contributed by atoms with Gasteiger partial charge in [-0.25, -0.2) is 4.79 Å². The minimum absolute atomic E-state index is 0.250. The molecule has 0 atom stereocenters. The summed E-state index contributed by atoms with van der Waals surface area (Å²) in [5.74, 6) is 0. The van der Waals surface area contributed by atoms with Gasteiger partial charge in [-0.15, -0.1) is 0 Å². The van der Waals surface area contributed by atoms with Crippen molar-refractivity contribution in [2.24, 2.45) is 0 Å². The van der Waals surface area contributed by atoms with Gasteiger partial charge in [0.25, 0.3) is 10.2 Å². The van der Waals surface area contributed by atoms with Crippen molar-refractivity contribution >= 4 is 33.5 Å². The molecule has 1 fully saturated rings. The second-order valence-electron chi connectivity index (χ2n) is 5.87. The number of nitrogens with zero attached hydrogens (tertiary/aromatic N) is 3. The lowest BCUT2D eigenvalue weighted by Crippen LogP contribution is -2.54. The first-order valence-electron chi connectivity index (χ1n) is 8.36. The van der Waals surface area contributed by atoms with Crippen molar-refractivity contribution in [3.8, 4) is 0 Å². The van der Waals surface area contributed by atoms with Gasteiger partial charge in [-0.3, -0.25) is 0 Å². The zero-order valence-electron chi connectivity index (χ0n) is 14.8. The van der Waals surface area contributed by atoms with E-state index in [9.17, 15) is 13.2 Å². The summed E-state index contributed by atoms with van der Waals surface area (Å²) in [5, 5.41) is 3.39. The summed E-state index contributed by atoms with van der Waals surface area (Å²) in [6.45, 7) is 7.69. The van der Waals surface area contributed by atoms with Gasteiger partial charge in [0, 0.05) is 50.0 Å². The predicted molar refractivity (Wildman–Crippen MR) is 100 cm³/mol. The Bertz CT molecular complexity index is 714. The normalized spacial score (nSPS) is 16.3. The van der Waals surface area contributed by atoms with E-state index < -0.39 is 10.2 Å². The molecule has 2 rings (SSSR count). The Morgan fingerprint density at radius 2 is 1.80 bits per heavy atom. The second-order valence-corrected chi connectivity index (χ2v) is 8.21. The highest BCUT2D eigenvalue weighted by molar-refractivity contribution is 7.86. The number of amides is 2. The predicted octanol–water partition coefficient (Wildman–Crippen LogP) is 2.38. The molecule has 1 aromatic rings. The van der Waals surface area contributed by atoms with Crippen LogP contribution >= 0.6 is 11.6 Å². The number of rotatable bonds is 5. The van der Waals surface area contributed by atoms with E-state index in [1.54, 1.807) is 17.0 Å². The fourth-order valence-corrected chi connectivity index (χ4v) is 4.49. The number of urea groups is 1. The smallest absolute Gasteiger partial charge is 0.321 e. The van der Waals surface area contributed by atoms with E-state index in [0.29, 0.717) is 50.0 Å². The fourth-order valence-electron chi connectivity index (χ4n) is 2.71. The number of hydrogen-bond acceptors (Lipinski definition) is 3. The molecular formula is C16H25ClN4O3S. The lowest BCUT2D eigenvalue weighted by Gasteiger charge is -2.36. The van der Waals surface area contributed by atoms with E-state index in [-0.39, 0.29) is 6.03 Å². The first-order valence-corrected chi connectivity index (χ1v) is 10.1. The minimum Gasteiger partial charge on any atom is -0.322 e. The second kappa shape index (κ2) is 8.35. The molecule has 7 nitrogen and oxygen atoms in total. The molecule has 0 aliphatic carbocycles.